The van der Waals surface area contributed by atoms with E-state index in [4.69, 9.17) is 5.73 Å². The maximum Gasteiger partial charge on any atom is 0.269 e. The summed E-state index contributed by atoms with van der Waals surface area (Å²) in [6.07, 6.45) is 1.71. The Balaban J connectivity index is 2.36. The molecular weight excluding hydrogens is 232 g/mol. The van der Waals surface area contributed by atoms with E-state index in [-0.39, 0.29) is 5.69 Å². The van der Waals surface area contributed by atoms with E-state index in [9.17, 15) is 10.1 Å². The molecular formula is C12H14N4O2. The summed E-state index contributed by atoms with van der Waals surface area (Å²) >= 11 is 0. The highest BCUT2D eigenvalue weighted by atomic mass is 16.6. The van der Waals surface area contributed by atoms with Gasteiger partial charge >= 0.3 is 0 Å². The van der Waals surface area contributed by atoms with Crippen molar-refractivity contribution in [3.05, 3.63) is 51.6 Å². The third kappa shape index (κ3) is 2.17. The minimum Gasteiger partial charge on any atom is -0.398 e. The summed E-state index contributed by atoms with van der Waals surface area (Å²) in [6, 6.07) is 4.47. The van der Waals surface area contributed by atoms with Crippen molar-refractivity contribution in [2.45, 2.75) is 20.4 Å². The number of non-ortho nitro benzene ring substituents is 1. The number of hydrogen-bond donors (Lipinski definition) is 1. The van der Waals surface area contributed by atoms with Gasteiger partial charge in [-0.2, -0.15) is 0 Å². The Morgan fingerprint density at radius 2 is 2.17 bits per heavy atom. The van der Waals surface area contributed by atoms with Crippen LogP contribution in [0.2, 0.25) is 0 Å². The molecule has 2 rings (SSSR count). The van der Waals surface area contributed by atoms with Crippen molar-refractivity contribution in [3.63, 3.8) is 0 Å². The van der Waals surface area contributed by atoms with E-state index in [1.165, 1.54) is 12.1 Å². The fourth-order valence-corrected chi connectivity index (χ4v) is 1.73. The van der Waals surface area contributed by atoms with Crippen LogP contribution < -0.4 is 5.73 Å². The van der Waals surface area contributed by atoms with Crippen LogP contribution in [0.5, 0.6) is 0 Å². The lowest BCUT2D eigenvalue weighted by Crippen LogP contribution is -2.04. The lowest BCUT2D eigenvalue weighted by molar-refractivity contribution is -0.384. The maximum absolute atomic E-state index is 10.7. The zero-order valence-electron chi connectivity index (χ0n) is 10.3. The molecule has 0 saturated carbocycles. The summed E-state index contributed by atoms with van der Waals surface area (Å²) in [7, 11) is 0. The summed E-state index contributed by atoms with van der Waals surface area (Å²) in [5, 5.41) is 10.7. The van der Waals surface area contributed by atoms with Crippen molar-refractivity contribution < 1.29 is 4.92 Å². The molecule has 2 N–H and O–H groups in total. The van der Waals surface area contributed by atoms with Crippen molar-refractivity contribution in [3.8, 4) is 0 Å². The van der Waals surface area contributed by atoms with Gasteiger partial charge in [0.1, 0.15) is 0 Å². The fraction of sp³-hybridized carbons (Fsp3) is 0.250. The number of nitro benzene ring substituents is 1. The lowest BCUT2D eigenvalue weighted by atomic mass is 10.1. The van der Waals surface area contributed by atoms with Gasteiger partial charge in [-0.25, -0.2) is 4.98 Å². The van der Waals surface area contributed by atoms with Crippen molar-refractivity contribution in [1.29, 1.82) is 0 Å². The molecule has 6 heteroatoms. The summed E-state index contributed by atoms with van der Waals surface area (Å²) in [4.78, 5) is 14.5. The molecule has 0 radical (unpaired) electrons. The van der Waals surface area contributed by atoms with E-state index < -0.39 is 4.92 Å². The van der Waals surface area contributed by atoms with Crippen LogP contribution in [0.25, 0.3) is 0 Å². The van der Waals surface area contributed by atoms with Crippen molar-refractivity contribution >= 4 is 11.4 Å². The van der Waals surface area contributed by atoms with Gasteiger partial charge in [-0.05, 0) is 19.9 Å². The van der Waals surface area contributed by atoms with Crippen LogP contribution >= 0.6 is 0 Å². The molecule has 0 aliphatic carbocycles. The Hall–Kier alpha value is -2.37. The first kappa shape index (κ1) is 12.1. The second kappa shape index (κ2) is 4.48. The second-order valence-electron chi connectivity index (χ2n) is 4.18. The topological polar surface area (TPSA) is 87.0 Å². The molecule has 0 unspecified atom stereocenters. The molecule has 0 fully saturated rings. The number of aromatic nitrogens is 2. The van der Waals surface area contributed by atoms with E-state index >= 15 is 0 Å². The minimum atomic E-state index is -0.422. The van der Waals surface area contributed by atoms with Crippen molar-refractivity contribution in [1.82, 2.24) is 9.55 Å². The first-order valence-electron chi connectivity index (χ1n) is 5.50. The van der Waals surface area contributed by atoms with Crippen LogP contribution in [0.15, 0.2) is 24.5 Å². The van der Waals surface area contributed by atoms with Gasteiger partial charge in [0.15, 0.2) is 0 Å². The molecule has 1 aromatic carbocycles. The summed E-state index contributed by atoms with van der Waals surface area (Å²) < 4.78 is 1.92. The van der Waals surface area contributed by atoms with Crippen LogP contribution in [-0.4, -0.2) is 14.5 Å². The third-order valence-electron chi connectivity index (χ3n) is 3.02. The SMILES string of the molecule is Cc1ncn(Cc2cc([N+](=O)[O-])ccc2N)c1C. The summed E-state index contributed by atoms with van der Waals surface area (Å²) in [5.74, 6) is 0. The predicted octanol–water partition coefficient (Wildman–Crippen LogP) is 2.04. The molecule has 1 aromatic heterocycles. The van der Waals surface area contributed by atoms with Gasteiger partial charge in [0.25, 0.3) is 5.69 Å². The minimum absolute atomic E-state index is 0.0497. The van der Waals surface area contributed by atoms with Crippen molar-refractivity contribution in [2.24, 2.45) is 0 Å². The van der Waals surface area contributed by atoms with Gasteiger partial charge in [0.05, 0.1) is 23.5 Å². The normalized spacial score (nSPS) is 10.6. The maximum atomic E-state index is 10.7. The Bertz CT molecular complexity index is 604. The Morgan fingerprint density at radius 3 is 2.72 bits per heavy atom. The van der Waals surface area contributed by atoms with E-state index in [1.54, 1.807) is 12.4 Å². The molecule has 94 valence electrons. The van der Waals surface area contributed by atoms with Crippen LogP contribution in [0.1, 0.15) is 17.0 Å². The smallest absolute Gasteiger partial charge is 0.269 e. The highest BCUT2D eigenvalue weighted by Crippen LogP contribution is 2.21. The lowest BCUT2D eigenvalue weighted by Gasteiger charge is -2.08. The Kier molecular flexibility index (Phi) is 3.01. The average Bonchev–Trinajstić information content (AvgIpc) is 2.63. The van der Waals surface area contributed by atoms with Gasteiger partial charge in [0.2, 0.25) is 0 Å². The quantitative estimate of drug-likeness (QED) is 0.510. The number of anilines is 1. The highest BCUT2D eigenvalue weighted by Gasteiger charge is 2.11. The molecule has 1 heterocycles. The molecule has 0 amide bonds. The molecule has 0 spiro atoms. The van der Waals surface area contributed by atoms with Gasteiger partial charge < -0.3 is 10.3 Å². The van der Waals surface area contributed by atoms with Gasteiger partial charge in [-0.3, -0.25) is 10.1 Å². The first-order chi connectivity index (χ1) is 8.49. The van der Waals surface area contributed by atoms with Crippen LogP contribution in [-0.2, 0) is 6.54 Å². The first-order valence-corrected chi connectivity index (χ1v) is 5.50. The number of benzene rings is 1. The Labute approximate surface area is 104 Å². The summed E-state index contributed by atoms with van der Waals surface area (Å²) in [5.41, 5.74) is 9.13. The van der Waals surface area contributed by atoms with E-state index in [0.29, 0.717) is 12.2 Å². The molecule has 0 aliphatic heterocycles. The number of nitrogens with two attached hydrogens (primary N) is 1. The molecule has 6 nitrogen and oxygen atoms in total. The van der Waals surface area contributed by atoms with Gasteiger partial charge in [0, 0.05) is 29.1 Å². The van der Waals surface area contributed by atoms with E-state index in [2.05, 4.69) is 4.98 Å². The van der Waals surface area contributed by atoms with Crippen LogP contribution in [0.4, 0.5) is 11.4 Å². The Morgan fingerprint density at radius 1 is 1.44 bits per heavy atom. The molecule has 0 bridgehead atoms. The summed E-state index contributed by atoms with van der Waals surface area (Å²) in [6.45, 7) is 4.36. The standard InChI is InChI=1S/C12H14N4O2/c1-8-9(2)15(7-14-8)6-10-5-11(16(17)18)3-4-12(10)13/h3-5,7H,6,13H2,1-2H3. The zero-order chi connectivity index (χ0) is 13.3. The van der Waals surface area contributed by atoms with Gasteiger partial charge in [-0.15, -0.1) is 0 Å². The van der Waals surface area contributed by atoms with Gasteiger partial charge in [-0.1, -0.05) is 0 Å². The predicted molar refractivity (Wildman–Crippen MR) is 68.3 cm³/mol. The third-order valence-corrected chi connectivity index (χ3v) is 3.02. The van der Waals surface area contributed by atoms with E-state index in [0.717, 1.165) is 17.0 Å². The number of nitrogen functional groups attached to an aromatic ring is 1. The monoisotopic (exact) mass is 246 g/mol. The molecule has 0 aliphatic rings. The molecule has 0 atom stereocenters. The highest BCUT2D eigenvalue weighted by molar-refractivity contribution is 5.52. The second-order valence-corrected chi connectivity index (χ2v) is 4.18. The molecule has 2 aromatic rings. The largest absolute Gasteiger partial charge is 0.398 e. The number of nitrogens with zero attached hydrogens (tertiary/aromatic N) is 3. The number of aryl methyl sites for hydroxylation is 1. The zero-order valence-corrected chi connectivity index (χ0v) is 10.3. The number of rotatable bonds is 3. The molecule has 18 heavy (non-hydrogen) atoms. The van der Waals surface area contributed by atoms with Crippen molar-refractivity contribution in [2.75, 3.05) is 5.73 Å². The van der Waals surface area contributed by atoms with E-state index in [1.807, 2.05) is 18.4 Å². The molecule has 0 saturated heterocycles. The number of nitro groups is 1. The van der Waals surface area contributed by atoms with Crippen LogP contribution in [0, 0.1) is 24.0 Å². The average molecular weight is 246 g/mol. The number of imidazole rings is 1. The number of hydrogen-bond acceptors (Lipinski definition) is 4. The fourth-order valence-electron chi connectivity index (χ4n) is 1.73. The van der Waals surface area contributed by atoms with Crippen LogP contribution in [0.3, 0.4) is 0 Å².